The molecule has 0 fully saturated rings. The lowest BCUT2D eigenvalue weighted by Crippen LogP contribution is -2.26. The quantitative estimate of drug-likeness (QED) is 0.579. The SMILES string of the molecule is CCOCCNCCn1c[c]nc1C(N)=O. The average Bonchev–Trinajstić information content (AvgIpc) is 2.71. The van der Waals surface area contributed by atoms with Gasteiger partial charge >= 0.3 is 0 Å². The van der Waals surface area contributed by atoms with Crippen molar-refractivity contribution in [1.29, 1.82) is 0 Å². The predicted octanol–water partition coefficient (Wildman–Crippen LogP) is -0.592. The third-order valence-corrected chi connectivity index (χ3v) is 2.03. The Balaban J connectivity index is 2.21. The molecule has 1 radical (unpaired) electrons. The second-order valence-electron chi connectivity index (χ2n) is 3.20. The Morgan fingerprint density at radius 1 is 1.69 bits per heavy atom. The summed E-state index contributed by atoms with van der Waals surface area (Å²) >= 11 is 0. The first-order valence-electron chi connectivity index (χ1n) is 5.27. The summed E-state index contributed by atoms with van der Waals surface area (Å²) < 4.78 is 6.85. The summed E-state index contributed by atoms with van der Waals surface area (Å²) in [6.45, 7) is 5.54. The van der Waals surface area contributed by atoms with Crippen molar-refractivity contribution < 1.29 is 9.53 Å². The van der Waals surface area contributed by atoms with Gasteiger partial charge in [-0.05, 0) is 6.92 Å². The Morgan fingerprint density at radius 2 is 2.50 bits per heavy atom. The van der Waals surface area contributed by atoms with E-state index in [4.69, 9.17) is 10.5 Å². The number of imidazole rings is 1. The topological polar surface area (TPSA) is 82.2 Å². The number of aromatic nitrogens is 2. The van der Waals surface area contributed by atoms with E-state index >= 15 is 0 Å². The highest BCUT2D eigenvalue weighted by Gasteiger charge is 2.07. The van der Waals surface area contributed by atoms with Gasteiger partial charge < -0.3 is 20.4 Å². The standard InChI is InChI=1S/C10H17N4O2/c1-2-16-8-5-12-3-6-14-7-4-13-10(14)9(11)15/h7,12H,2-3,5-6,8H2,1H3,(H2,11,15). The molecule has 0 saturated carbocycles. The van der Waals surface area contributed by atoms with E-state index in [1.54, 1.807) is 10.8 Å². The maximum Gasteiger partial charge on any atom is 0.284 e. The molecule has 0 saturated heterocycles. The van der Waals surface area contributed by atoms with Gasteiger partial charge in [0.25, 0.3) is 5.91 Å². The van der Waals surface area contributed by atoms with Crippen LogP contribution in [0.15, 0.2) is 6.20 Å². The Labute approximate surface area is 94.8 Å². The summed E-state index contributed by atoms with van der Waals surface area (Å²) in [4.78, 5) is 14.7. The molecule has 0 unspecified atom stereocenters. The number of hydrogen-bond acceptors (Lipinski definition) is 4. The van der Waals surface area contributed by atoms with E-state index in [9.17, 15) is 4.79 Å². The first-order chi connectivity index (χ1) is 7.75. The van der Waals surface area contributed by atoms with Crippen molar-refractivity contribution in [3.8, 4) is 0 Å². The molecule has 89 valence electrons. The number of rotatable bonds is 8. The van der Waals surface area contributed by atoms with Crippen LogP contribution in [0.2, 0.25) is 0 Å². The lowest BCUT2D eigenvalue weighted by Gasteiger charge is -2.07. The lowest BCUT2D eigenvalue weighted by molar-refractivity contribution is 0.0986. The van der Waals surface area contributed by atoms with Gasteiger partial charge in [0.2, 0.25) is 0 Å². The van der Waals surface area contributed by atoms with Crippen molar-refractivity contribution in [3.63, 3.8) is 0 Å². The largest absolute Gasteiger partial charge is 0.380 e. The molecule has 0 aliphatic heterocycles. The van der Waals surface area contributed by atoms with Crippen LogP contribution in [0.1, 0.15) is 17.5 Å². The van der Waals surface area contributed by atoms with Gasteiger partial charge in [0.1, 0.15) is 6.20 Å². The molecular weight excluding hydrogens is 208 g/mol. The maximum absolute atomic E-state index is 10.9. The number of hydrogen-bond donors (Lipinski definition) is 2. The first kappa shape index (κ1) is 12.7. The van der Waals surface area contributed by atoms with Crippen LogP contribution in [0.25, 0.3) is 0 Å². The number of carbonyl (C=O) groups excluding carboxylic acids is 1. The van der Waals surface area contributed by atoms with E-state index in [1.807, 2.05) is 6.92 Å². The summed E-state index contributed by atoms with van der Waals surface area (Å²) in [5, 5.41) is 3.19. The van der Waals surface area contributed by atoms with Gasteiger partial charge in [-0.15, -0.1) is 0 Å². The molecule has 0 spiro atoms. The van der Waals surface area contributed by atoms with Crippen molar-refractivity contribution in [2.45, 2.75) is 13.5 Å². The van der Waals surface area contributed by atoms with Gasteiger partial charge in [0.15, 0.2) is 5.82 Å². The Kier molecular flexibility index (Phi) is 5.52. The summed E-state index contributed by atoms with van der Waals surface area (Å²) in [7, 11) is 0. The number of nitrogens with two attached hydrogens (primary N) is 1. The number of amides is 1. The van der Waals surface area contributed by atoms with Gasteiger partial charge in [-0.1, -0.05) is 0 Å². The van der Waals surface area contributed by atoms with Crippen LogP contribution < -0.4 is 11.1 Å². The fourth-order valence-corrected chi connectivity index (χ4v) is 1.27. The van der Waals surface area contributed by atoms with E-state index in [-0.39, 0.29) is 5.82 Å². The van der Waals surface area contributed by atoms with Crippen molar-refractivity contribution in [2.75, 3.05) is 26.3 Å². The van der Waals surface area contributed by atoms with Crippen molar-refractivity contribution in [3.05, 3.63) is 18.2 Å². The van der Waals surface area contributed by atoms with E-state index in [1.165, 1.54) is 0 Å². The minimum absolute atomic E-state index is 0.242. The van der Waals surface area contributed by atoms with Crippen molar-refractivity contribution in [1.82, 2.24) is 14.9 Å². The van der Waals surface area contributed by atoms with Crippen LogP contribution in [0.3, 0.4) is 0 Å². The number of primary amides is 1. The van der Waals surface area contributed by atoms with E-state index < -0.39 is 5.91 Å². The highest BCUT2D eigenvalue weighted by Crippen LogP contribution is 1.94. The summed E-state index contributed by atoms with van der Waals surface area (Å²) in [5.74, 6) is -0.290. The van der Waals surface area contributed by atoms with E-state index in [2.05, 4.69) is 16.5 Å². The molecule has 6 nitrogen and oxygen atoms in total. The molecular formula is C10H17N4O2. The Bertz CT molecular complexity index is 324. The molecule has 1 aromatic rings. The van der Waals surface area contributed by atoms with Gasteiger partial charge in [0, 0.05) is 32.4 Å². The molecule has 1 heterocycles. The summed E-state index contributed by atoms with van der Waals surface area (Å²) in [6, 6.07) is 0. The minimum Gasteiger partial charge on any atom is -0.380 e. The van der Waals surface area contributed by atoms with Crippen molar-refractivity contribution >= 4 is 5.91 Å². The van der Waals surface area contributed by atoms with Crippen LogP contribution in [-0.4, -0.2) is 41.8 Å². The normalized spacial score (nSPS) is 10.6. The molecule has 0 aliphatic rings. The highest BCUT2D eigenvalue weighted by molar-refractivity contribution is 5.89. The van der Waals surface area contributed by atoms with E-state index in [0.29, 0.717) is 13.2 Å². The fourth-order valence-electron chi connectivity index (χ4n) is 1.27. The van der Waals surface area contributed by atoms with Gasteiger partial charge in [0.05, 0.1) is 6.61 Å². The van der Waals surface area contributed by atoms with Gasteiger partial charge in [-0.25, -0.2) is 4.98 Å². The third-order valence-electron chi connectivity index (χ3n) is 2.03. The van der Waals surface area contributed by atoms with Gasteiger partial charge in [-0.2, -0.15) is 0 Å². The van der Waals surface area contributed by atoms with Crippen molar-refractivity contribution in [2.24, 2.45) is 5.73 Å². The molecule has 0 aromatic carbocycles. The van der Waals surface area contributed by atoms with E-state index in [0.717, 1.165) is 19.7 Å². The van der Waals surface area contributed by atoms with Crippen LogP contribution in [0.4, 0.5) is 0 Å². The summed E-state index contributed by atoms with van der Waals surface area (Å²) in [5.41, 5.74) is 5.15. The third kappa shape index (κ3) is 4.00. The Hall–Kier alpha value is -1.40. The zero-order chi connectivity index (χ0) is 11.8. The molecule has 0 bridgehead atoms. The van der Waals surface area contributed by atoms with Crippen LogP contribution in [0, 0.1) is 6.20 Å². The number of ether oxygens (including phenoxy) is 1. The molecule has 3 N–H and O–H groups in total. The average molecular weight is 225 g/mol. The molecule has 1 aromatic heterocycles. The smallest absolute Gasteiger partial charge is 0.284 e. The zero-order valence-corrected chi connectivity index (χ0v) is 9.40. The number of nitrogens with one attached hydrogen (secondary N) is 1. The molecule has 1 rings (SSSR count). The molecule has 6 heteroatoms. The Morgan fingerprint density at radius 3 is 3.19 bits per heavy atom. The summed E-state index contributed by atoms with van der Waals surface area (Å²) in [6.07, 6.45) is 4.22. The minimum atomic E-state index is -0.532. The van der Waals surface area contributed by atoms with Gasteiger partial charge in [-0.3, -0.25) is 4.79 Å². The highest BCUT2D eigenvalue weighted by atomic mass is 16.5. The second-order valence-corrected chi connectivity index (χ2v) is 3.20. The number of carbonyl (C=O) groups is 1. The van der Waals surface area contributed by atoms with Crippen LogP contribution >= 0.6 is 0 Å². The zero-order valence-electron chi connectivity index (χ0n) is 9.40. The van der Waals surface area contributed by atoms with Crippen LogP contribution in [-0.2, 0) is 11.3 Å². The second kappa shape index (κ2) is 6.97. The maximum atomic E-state index is 10.9. The monoisotopic (exact) mass is 225 g/mol. The molecule has 0 atom stereocenters. The van der Waals surface area contributed by atoms with Crippen LogP contribution in [0.5, 0.6) is 0 Å². The predicted molar refractivity (Wildman–Crippen MR) is 58.9 cm³/mol. The lowest BCUT2D eigenvalue weighted by atomic mass is 10.5. The fraction of sp³-hybridized carbons (Fsp3) is 0.600. The first-order valence-corrected chi connectivity index (χ1v) is 5.27. The number of nitrogens with zero attached hydrogens (tertiary/aromatic N) is 2. The molecule has 16 heavy (non-hydrogen) atoms. The molecule has 0 aliphatic carbocycles. The molecule has 1 amide bonds.